The highest BCUT2D eigenvalue weighted by Gasteiger charge is 2.27. The molecule has 1 aliphatic heterocycles. The standard InChI is InChI=1S/C19H22N8/c1-26(2)19-9-17(22-13-23-19)21-10-14-11-27(12-14)18-4-3-16(24-25-18)15-5-7-20-8-6-15/h3-9,13-14H,10-12H2,1-2H3,(H,21,22,23). The molecule has 1 saturated heterocycles. The van der Waals surface area contributed by atoms with Gasteiger partial charge in [-0.2, -0.15) is 0 Å². The summed E-state index contributed by atoms with van der Waals surface area (Å²) in [7, 11) is 3.94. The minimum Gasteiger partial charge on any atom is -0.369 e. The SMILES string of the molecule is CN(C)c1cc(NCC2CN(c3ccc(-c4ccncc4)nn3)C2)ncn1. The molecule has 0 spiro atoms. The summed E-state index contributed by atoms with van der Waals surface area (Å²) in [4.78, 5) is 16.7. The molecule has 1 aliphatic rings. The molecule has 0 atom stereocenters. The number of rotatable bonds is 6. The Hall–Kier alpha value is -3.29. The lowest BCUT2D eigenvalue weighted by Gasteiger charge is -2.40. The van der Waals surface area contributed by atoms with Gasteiger partial charge in [-0.3, -0.25) is 4.98 Å². The average molecular weight is 362 g/mol. The van der Waals surface area contributed by atoms with E-state index in [4.69, 9.17) is 0 Å². The van der Waals surface area contributed by atoms with Crippen LogP contribution < -0.4 is 15.1 Å². The molecular formula is C19H22N8. The topological polar surface area (TPSA) is 83.0 Å². The molecule has 1 N–H and O–H groups in total. The van der Waals surface area contributed by atoms with Crippen LogP contribution in [-0.4, -0.2) is 58.9 Å². The van der Waals surface area contributed by atoms with E-state index in [9.17, 15) is 0 Å². The van der Waals surface area contributed by atoms with Crippen LogP contribution in [0.15, 0.2) is 49.1 Å². The van der Waals surface area contributed by atoms with Crippen molar-refractivity contribution in [2.75, 3.05) is 48.8 Å². The molecule has 4 heterocycles. The van der Waals surface area contributed by atoms with Crippen molar-refractivity contribution in [3.05, 3.63) is 49.1 Å². The number of hydrogen-bond donors (Lipinski definition) is 1. The van der Waals surface area contributed by atoms with Crippen molar-refractivity contribution in [3.63, 3.8) is 0 Å². The van der Waals surface area contributed by atoms with E-state index >= 15 is 0 Å². The van der Waals surface area contributed by atoms with Crippen LogP contribution >= 0.6 is 0 Å². The third kappa shape index (κ3) is 3.94. The molecule has 0 unspecified atom stereocenters. The van der Waals surface area contributed by atoms with Crippen LogP contribution in [-0.2, 0) is 0 Å². The first-order valence-electron chi connectivity index (χ1n) is 8.91. The number of anilines is 3. The van der Waals surface area contributed by atoms with E-state index in [1.54, 1.807) is 18.7 Å². The van der Waals surface area contributed by atoms with E-state index in [2.05, 4.69) is 35.4 Å². The molecular weight excluding hydrogens is 340 g/mol. The summed E-state index contributed by atoms with van der Waals surface area (Å²) in [6.07, 6.45) is 5.11. The summed E-state index contributed by atoms with van der Waals surface area (Å²) < 4.78 is 0. The van der Waals surface area contributed by atoms with Gasteiger partial charge in [-0.1, -0.05) is 0 Å². The van der Waals surface area contributed by atoms with Crippen molar-refractivity contribution in [3.8, 4) is 11.3 Å². The van der Waals surface area contributed by atoms with Crippen LogP contribution in [0.4, 0.5) is 17.5 Å². The summed E-state index contributed by atoms with van der Waals surface area (Å²) in [5, 5.41) is 12.1. The molecule has 8 nitrogen and oxygen atoms in total. The molecule has 0 bridgehead atoms. The van der Waals surface area contributed by atoms with Gasteiger partial charge in [0.2, 0.25) is 0 Å². The quantitative estimate of drug-likeness (QED) is 0.712. The van der Waals surface area contributed by atoms with Gasteiger partial charge in [-0.05, 0) is 24.3 Å². The molecule has 4 rings (SSSR count). The van der Waals surface area contributed by atoms with Crippen LogP contribution in [0, 0.1) is 5.92 Å². The highest BCUT2D eigenvalue weighted by Crippen LogP contribution is 2.24. The van der Waals surface area contributed by atoms with Gasteiger partial charge < -0.3 is 15.1 Å². The van der Waals surface area contributed by atoms with Crippen molar-refractivity contribution in [1.29, 1.82) is 0 Å². The monoisotopic (exact) mass is 362 g/mol. The Kier molecular flexibility index (Phi) is 4.78. The van der Waals surface area contributed by atoms with E-state index in [0.717, 1.165) is 48.3 Å². The fraction of sp³-hybridized carbons (Fsp3) is 0.316. The molecule has 3 aromatic rings. The Bertz CT molecular complexity index is 876. The second kappa shape index (κ2) is 7.53. The first kappa shape index (κ1) is 17.1. The van der Waals surface area contributed by atoms with Crippen molar-refractivity contribution >= 4 is 17.5 Å². The lowest BCUT2D eigenvalue weighted by atomic mass is 10.0. The first-order chi connectivity index (χ1) is 13.2. The number of pyridine rings is 1. The minimum atomic E-state index is 0.560. The van der Waals surface area contributed by atoms with Crippen LogP contribution in [0.2, 0.25) is 0 Å². The molecule has 0 aromatic carbocycles. The van der Waals surface area contributed by atoms with Gasteiger partial charge in [0.05, 0.1) is 5.69 Å². The second-order valence-electron chi connectivity index (χ2n) is 6.82. The first-order valence-corrected chi connectivity index (χ1v) is 8.91. The van der Waals surface area contributed by atoms with Gasteiger partial charge in [-0.15, -0.1) is 10.2 Å². The Morgan fingerprint density at radius 3 is 2.59 bits per heavy atom. The van der Waals surface area contributed by atoms with Gasteiger partial charge in [-0.25, -0.2) is 9.97 Å². The summed E-state index contributed by atoms with van der Waals surface area (Å²) in [6, 6.07) is 9.86. The molecule has 27 heavy (non-hydrogen) atoms. The second-order valence-corrected chi connectivity index (χ2v) is 6.82. The number of aromatic nitrogens is 5. The van der Waals surface area contributed by atoms with E-state index < -0.39 is 0 Å². The third-order valence-corrected chi connectivity index (χ3v) is 4.59. The van der Waals surface area contributed by atoms with E-state index in [1.807, 2.05) is 49.3 Å². The van der Waals surface area contributed by atoms with Crippen LogP contribution in [0.1, 0.15) is 0 Å². The zero-order valence-corrected chi connectivity index (χ0v) is 15.4. The summed E-state index contributed by atoms with van der Waals surface area (Å²) in [5.74, 6) is 3.23. The van der Waals surface area contributed by atoms with Crippen molar-refractivity contribution in [2.45, 2.75) is 0 Å². The Morgan fingerprint density at radius 1 is 1.07 bits per heavy atom. The van der Waals surface area contributed by atoms with Gasteiger partial charge in [0, 0.05) is 63.7 Å². The lowest BCUT2D eigenvalue weighted by Crippen LogP contribution is -2.50. The number of nitrogens with one attached hydrogen (secondary N) is 1. The van der Waals surface area contributed by atoms with Crippen LogP contribution in [0.25, 0.3) is 11.3 Å². The molecule has 0 amide bonds. The highest BCUT2D eigenvalue weighted by molar-refractivity contribution is 5.59. The van der Waals surface area contributed by atoms with E-state index in [1.165, 1.54) is 0 Å². The van der Waals surface area contributed by atoms with Crippen LogP contribution in [0.3, 0.4) is 0 Å². The normalized spacial score (nSPS) is 13.9. The Morgan fingerprint density at radius 2 is 1.89 bits per heavy atom. The molecule has 0 saturated carbocycles. The average Bonchev–Trinajstić information content (AvgIpc) is 2.68. The third-order valence-electron chi connectivity index (χ3n) is 4.59. The molecule has 3 aromatic heterocycles. The maximum Gasteiger partial charge on any atom is 0.151 e. The summed E-state index contributed by atoms with van der Waals surface area (Å²) in [5.41, 5.74) is 1.89. The molecule has 0 radical (unpaired) electrons. The Labute approximate surface area is 158 Å². The highest BCUT2D eigenvalue weighted by atomic mass is 15.3. The van der Waals surface area contributed by atoms with E-state index in [0.29, 0.717) is 5.92 Å². The zero-order valence-electron chi connectivity index (χ0n) is 15.4. The summed E-state index contributed by atoms with van der Waals surface area (Å²) >= 11 is 0. The van der Waals surface area contributed by atoms with Crippen molar-refractivity contribution in [1.82, 2.24) is 25.1 Å². The largest absolute Gasteiger partial charge is 0.369 e. The van der Waals surface area contributed by atoms with Gasteiger partial charge in [0.25, 0.3) is 0 Å². The Balaban J connectivity index is 1.29. The number of nitrogens with zero attached hydrogens (tertiary/aromatic N) is 7. The predicted octanol–water partition coefficient (Wildman–Crippen LogP) is 1.94. The predicted molar refractivity (Wildman–Crippen MR) is 106 cm³/mol. The van der Waals surface area contributed by atoms with Gasteiger partial charge in [0.1, 0.15) is 18.0 Å². The van der Waals surface area contributed by atoms with Gasteiger partial charge in [0.15, 0.2) is 5.82 Å². The van der Waals surface area contributed by atoms with Crippen molar-refractivity contribution < 1.29 is 0 Å². The zero-order chi connectivity index (χ0) is 18.6. The lowest BCUT2D eigenvalue weighted by molar-refractivity contribution is 0.425. The van der Waals surface area contributed by atoms with Gasteiger partial charge >= 0.3 is 0 Å². The fourth-order valence-corrected chi connectivity index (χ4v) is 2.99. The number of hydrogen-bond acceptors (Lipinski definition) is 8. The smallest absolute Gasteiger partial charge is 0.151 e. The maximum atomic E-state index is 4.37. The minimum absolute atomic E-state index is 0.560. The van der Waals surface area contributed by atoms with Crippen molar-refractivity contribution in [2.24, 2.45) is 5.92 Å². The molecule has 8 heteroatoms. The molecule has 138 valence electrons. The van der Waals surface area contributed by atoms with E-state index in [-0.39, 0.29) is 0 Å². The maximum absolute atomic E-state index is 4.37. The molecule has 1 fully saturated rings. The molecule has 0 aliphatic carbocycles. The summed E-state index contributed by atoms with van der Waals surface area (Å²) in [6.45, 7) is 2.80. The fourth-order valence-electron chi connectivity index (χ4n) is 2.99. The van der Waals surface area contributed by atoms with Crippen LogP contribution in [0.5, 0.6) is 0 Å².